The van der Waals surface area contributed by atoms with Gasteiger partial charge in [-0.3, -0.25) is 0 Å². The second-order valence-corrected chi connectivity index (χ2v) is 4.98. The minimum absolute atomic E-state index is 0.656. The summed E-state index contributed by atoms with van der Waals surface area (Å²) in [4.78, 5) is 0. The van der Waals surface area contributed by atoms with E-state index >= 15 is 0 Å². The SMILES string of the molecule is CCCNCC1(CCCCOC)CCC1. The molecule has 15 heavy (non-hydrogen) atoms. The van der Waals surface area contributed by atoms with Gasteiger partial charge in [0.1, 0.15) is 0 Å². The summed E-state index contributed by atoms with van der Waals surface area (Å²) in [7, 11) is 1.79. The number of hydrogen-bond acceptors (Lipinski definition) is 2. The zero-order valence-corrected chi connectivity index (χ0v) is 10.5. The third-order valence-electron chi connectivity index (χ3n) is 3.65. The Morgan fingerprint density at radius 3 is 2.60 bits per heavy atom. The molecular weight excluding hydrogens is 186 g/mol. The molecule has 0 bridgehead atoms. The van der Waals surface area contributed by atoms with Crippen molar-refractivity contribution in [3.05, 3.63) is 0 Å². The summed E-state index contributed by atoms with van der Waals surface area (Å²) >= 11 is 0. The molecular formula is C13H27NO. The highest BCUT2D eigenvalue weighted by molar-refractivity contribution is 4.89. The first-order valence-corrected chi connectivity index (χ1v) is 6.53. The summed E-state index contributed by atoms with van der Waals surface area (Å²) in [6.07, 6.45) is 9.53. The van der Waals surface area contributed by atoms with E-state index in [1.54, 1.807) is 7.11 Å². The van der Waals surface area contributed by atoms with Gasteiger partial charge in [0.25, 0.3) is 0 Å². The molecule has 1 aliphatic carbocycles. The summed E-state index contributed by atoms with van der Waals surface area (Å²) in [5.74, 6) is 0. The second kappa shape index (κ2) is 7.24. The van der Waals surface area contributed by atoms with Gasteiger partial charge in [0.15, 0.2) is 0 Å². The van der Waals surface area contributed by atoms with Gasteiger partial charge in [0.2, 0.25) is 0 Å². The third kappa shape index (κ3) is 4.52. The highest BCUT2D eigenvalue weighted by Crippen LogP contribution is 2.44. The van der Waals surface area contributed by atoms with Gasteiger partial charge in [-0.2, -0.15) is 0 Å². The molecule has 0 radical (unpaired) electrons. The number of methoxy groups -OCH3 is 1. The van der Waals surface area contributed by atoms with Crippen LogP contribution in [0.25, 0.3) is 0 Å². The lowest BCUT2D eigenvalue weighted by atomic mass is 9.66. The Labute approximate surface area is 94.8 Å². The van der Waals surface area contributed by atoms with Gasteiger partial charge >= 0.3 is 0 Å². The topological polar surface area (TPSA) is 21.3 Å². The Bertz CT molecular complexity index is 155. The van der Waals surface area contributed by atoms with Crippen LogP contribution in [0.15, 0.2) is 0 Å². The molecule has 0 amide bonds. The quantitative estimate of drug-likeness (QED) is 0.595. The van der Waals surface area contributed by atoms with Crippen LogP contribution in [0.3, 0.4) is 0 Å². The van der Waals surface area contributed by atoms with Crippen molar-refractivity contribution in [2.75, 3.05) is 26.8 Å². The molecule has 1 fully saturated rings. The van der Waals surface area contributed by atoms with E-state index in [2.05, 4.69) is 12.2 Å². The van der Waals surface area contributed by atoms with Gasteiger partial charge < -0.3 is 10.1 Å². The molecule has 0 aliphatic heterocycles. The van der Waals surface area contributed by atoms with Gasteiger partial charge in [-0.1, -0.05) is 19.8 Å². The fourth-order valence-corrected chi connectivity index (χ4v) is 2.47. The monoisotopic (exact) mass is 213 g/mol. The average Bonchev–Trinajstić information content (AvgIpc) is 2.19. The van der Waals surface area contributed by atoms with E-state index in [0.717, 1.165) is 6.61 Å². The molecule has 1 rings (SSSR count). The van der Waals surface area contributed by atoms with Crippen molar-refractivity contribution >= 4 is 0 Å². The molecule has 2 heteroatoms. The fourth-order valence-electron chi connectivity index (χ4n) is 2.47. The minimum Gasteiger partial charge on any atom is -0.385 e. The predicted octanol–water partition coefficient (Wildman–Crippen LogP) is 2.97. The number of ether oxygens (including phenoxy) is 1. The summed E-state index contributed by atoms with van der Waals surface area (Å²) < 4.78 is 5.09. The predicted molar refractivity (Wildman–Crippen MR) is 65.2 cm³/mol. The van der Waals surface area contributed by atoms with E-state index in [1.165, 1.54) is 58.0 Å². The Morgan fingerprint density at radius 2 is 2.07 bits per heavy atom. The molecule has 0 heterocycles. The highest BCUT2D eigenvalue weighted by atomic mass is 16.5. The smallest absolute Gasteiger partial charge is 0.0462 e. The molecule has 2 nitrogen and oxygen atoms in total. The zero-order chi connectivity index (χ0) is 11.0. The maximum absolute atomic E-state index is 5.09. The van der Waals surface area contributed by atoms with Crippen LogP contribution in [0.1, 0.15) is 51.9 Å². The van der Waals surface area contributed by atoms with Crippen LogP contribution in [-0.2, 0) is 4.74 Å². The number of nitrogens with one attached hydrogen (secondary N) is 1. The number of unbranched alkanes of at least 4 members (excludes halogenated alkanes) is 1. The van der Waals surface area contributed by atoms with Crippen LogP contribution in [0.5, 0.6) is 0 Å². The third-order valence-corrected chi connectivity index (χ3v) is 3.65. The Kier molecular flexibility index (Phi) is 6.26. The molecule has 0 aromatic carbocycles. The van der Waals surface area contributed by atoms with E-state index in [9.17, 15) is 0 Å². The van der Waals surface area contributed by atoms with E-state index in [1.807, 2.05) is 0 Å². The molecule has 0 atom stereocenters. The number of hydrogen-bond donors (Lipinski definition) is 1. The molecule has 90 valence electrons. The number of rotatable bonds is 9. The van der Waals surface area contributed by atoms with Crippen LogP contribution in [0, 0.1) is 5.41 Å². The molecule has 0 saturated heterocycles. The maximum atomic E-state index is 5.09. The van der Waals surface area contributed by atoms with Crippen molar-refractivity contribution in [1.82, 2.24) is 5.32 Å². The second-order valence-electron chi connectivity index (χ2n) is 4.98. The van der Waals surface area contributed by atoms with Crippen molar-refractivity contribution in [2.45, 2.75) is 51.9 Å². The van der Waals surface area contributed by atoms with Gasteiger partial charge in [-0.25, -0.2) is 0 Å². The molecule has 0 unspecified atom stereocenters. The Hall–Kier alpha value is -0.0800. The van der Waals surface area contributed by atoms with E-state index in [-0.39, 0.29) is 0 Å². The van der Waals surface area contributed by atoms with E-state index < -0.39 is 0 Å². The van der Waals surface area contributed by atoms with Crippen molar-refractivity contribution in [1.29, 1.82) is 0 Å². The highest BCUT2D eigenvalue weighted by Gasteiger charge is 2.35. The van der Waals surface area contributed by atoms with Crippen molar-refractivity contribution in [3.63, 3.8) is 0 Å². The normalized spacial score (nSPS) is 18.8. The van der Waals surface area contributed by atoms with Crippen LogP contribution in [-0.4, -0.2) is 26.8 Å². The van der Waals surface area contributed by atoms with Crippen LogP contribution in [0.4, 0.5) is 0 Å². The summed E-state index contributed by atoms with van der Waals surface area (Å²) in [6, 6.07) is 0. The lowest BCUT2D eigenvalue weighted by Crippen LogP contribution is -2.40. The lowest BCUT2D eigenvalue weighted by molar-refractivity contribution is 0.106. The van der Waals surface area contributed by atoms with Gasteiger partial charge in [-0.15, -0.1) is 0 Å². The van der Waals surface area contributed by atoms with E-state index in [4.69, 9.17) is 4.74 Å². The first kappa shape index (κ1) is 13.0. The van der Waals surface area contributed by atoms with E-state index in [0.29, 0.717) is 5.41 Å². The Balaban J connectivity index is 2.09. The fraction of sp³-hybridized carbons (Fsp3) is 1.00. The molecule has 0 aromatic heterocycles. The summed E-state index contributed by atoms with van der Waals surface area (Å²) in [5.41, 5.74) is 0.656. The largest absolute Gasteiger partial charge is 0.385 e. The van der Waals surface area contributed by atoms with Gasteiger partial charge in [0, 0.05) is 20.3 Å². The summed E-state index contributed by atoms with van der Waals surface area (Å²) in [5, 5.41) is 3.59. The molecule has 1 saturated carbocycles. The van der Waals surface area contributed by atoms with Crippen molar-refractivity contribution < 1.29 is 4.74 Å². The van der Waals surface area contributed by atoms with Gasteiger partial charge in [0.05, 0.1) is 0 Å². The summed E-state index contributed by atoms with van der Waals surface area (Å²) in [6.45, 7) is 5.59. The Morgan fingerprint density at radius 1 is 1.27 bits per heavy atom. The van der Waals surface area contributed by atoms with Crippen LogP contribution >= 0.6 is 0 Å². The first-order chi connectivity index (χ1) is 7.33. The van der Waals surface area contributed by atoms with Crippen molar-refractivity contribution in [2.24, 2.45) is 5.41 Å². The molecule has 1 N–H and O–H groups in total. The van der Waals surface area contributed by atoms with Crippen molar-refractivity contribution in [3.8, 4) is 0 Å². The van der Waals surface area contributed by atoms with Gasteiger partial charge in [-0.05, 0) is 44.1 Å². The lowest BCUT2D eigenvalue weighted by Gasteiger charge is -2.42. The molecule has 0 aromatic rings. The minimum atomic E-state index is 0.656. The molecule has 0 spiro atoms. The molecule has 1 aliphatic rings. The van der Waals surface area contributed by atoms with Crippen LogP contribution in [0.2, 0.25) is 0 Å². The average molecular weight is 213 g/mol. The maximum Gasteiger partial charge on any atom is 0.0462 e. The zero-order valence-electron chi connectivity index (χ0n) is 10.5. The van der Waals surface area contributed by atoms with Crippen LogP contribution < -0.4 is 5.32 Å². The first-order valence-electron chi connectivity index (χ1n) is 6.53. The standard InChI is InChI=1S/C13H27NO/c1-3-10-14-12-13(8-6-9-13)7-4-5-11-15-2/h14H,3-12H2,1-2H3.